The smallest absolute Gasteiger partial charge is 0.253 e. The van der Waals surface area contributed by atoms with E-state index in [1.54, 1.807) is 7.11 Å². The topological polar surface area (TPSA) is 71.7 Å². The minimum absolute atomic E-state index is 0.137. The molecule has 2 heterocycles. The summed E-state index contributed by atoms with van der Waals surface area (Å²) >= 11 is 0. The zero-order chi connectivity index (χ0) is 21.9. The molecule has 1 aliphatic carbocycles. The van der Waals surface area contributed by atoms with Crippen molar-refractivity contribution in [3.63, 3.8) is 0 Å². The molecule has 0 saturated carbocycles. The summed E-state index contributed by atoms with van der Waals surface area (Å²) in [5.41, 5.74) is 4.47. The Bertz CT molecular complexity index is 1080. The normalized spacial score (nSPS) is 16.6. The minimum Gasteiger partial charge on any atom is -0.497 e. The van der Waals surface area contributed by atoms with Crippen molar-refractivity contribution in [3.8, 4) is 17.1 Å². The number of amides is 1. The van der Waals surface area contributed by atoms with Crippen LogP contribution in [-0.2, 0) is 19.4 Å². The quantitative estimate of drug-likeness (QED) is 0.614. The van der Waals surface area contributed by atoms with E-state index in [4.69, 9.17) is 9.26 Å². The molecule has 1 saturated heterocycles. The van der Waals surface area contributed by atoms with Crippen LogP contribution in [0.15, 0.2) is 47.0 Å². The van der Waals surface area contributed by atoms with Crippen molar-refractivity contribution in [2.24, 2.45) is 0 Å². The SMILES string of the molecule is COc1ccc(-c2noc(CN3CCN(C(=O)c4ccc5c(c4)CCCC5)CC3)n2)cc1. The maximum absolute atomic E-state index is 13.0. The maximum atomic E-state index is 13.0. The number of hydrogen-bond donors (Lipinski definition) is 0. The van der Waals surface area contributed by atoms with E-state index in [0.29, 0.717) is 31.3 Å². The van der Waals surface area contributed by atoms with E-state index in [-0.39, 0.29) is 5.91 Å². The summed E-state index contributed by atoms with van der Waals surface area (Å²) in [5.74, 6) is 2.09. The summed E-state index contributed by atoms with van der Waals surface area (Å²) in [5, 5.41) is 4.11. The van der Waals surface area contributed by atoms with Gasteiger partial charge in [-0.1, -0.05) is 11.2 Å². The molecule has 1 fully saturated rings. The van der Waals surface area contributed by atoms with Crippen LogP contribution < -0.4 is 4.74 Å². The van der Waals surface area contributed by atoms with Gasteiger partial charge >= 0.3 is 0 Å². The van der Waals surface area contributed by atoms with Crippen LogP contribution in [0.2, 0.25) is 0 Å². The molecule has 2 aliphatic rings. The van der Waals surface area contributed by atoms with E-state index in [0.717, 1.165) is 42.8 Å². The lowest BCUT2D eigenvalue weighted by molar-refractivity contribution is 0.0615. The molecule has 166 valence electrons. The summed E-state index contributed by atoms with van der Waals surface area (Å²) in [6.07, 6.45) is 4.70. The molecular weight excluding hydrogens is 404 g/mol. The van der Waals surface area contributed by atoms with Gasteiger partial charge in [-0.3, -0.25) is 9.69 Å². The number of rotatable bonds is 5. The summed E-state index contributed by atoms with van der Waals surface area (Å²) < 4.78 is 10.7. The van der Waals surface area contributed by atoms with Gasteiger partial charge in [-0.2, -0.15) is 4.98 Å². The van der Waals surface area contributed by atoms with Gasteiger partial charge in [0.2, 0.25) is 11.7 Å². The average molecular weight is 433 g/mol. The van der Waals surface area contributed by atoms with Gasteiger partial charge in [-0.15, -0.1) is 0 Å². The van der Waals surface area contributed by atoms with Crippen LogP contribution in [0.4, 0.5) is 0 Å². The third-order valence-corrected chi connectivity index (χ3v) is 6.43. The molecule has 7 nitrogen and oxygen atoms in total. The van der Waals surface area contributed by atoms with Gasteiger partial charge < -0.3 is 14.2 Å². The monoisotopic (exact) mass is 432 g/mol. The van der Waals surface area contributed by atoms with Gasteiger partial charge in [0.25, 0.3) is 5.91 Å². The molecule has 0 radical (unpaired) electrons. The number of aryl methyl sites for hydroxylation is 2. The van der Waals surface area contributed by atoms with Crippen LogP contribution in [0.3, 0.4) is 0 Å². The Morgan fingerprint density at radius 2 is 1.75 bits per heavy atom. The Kier molecular flexibility index (Phi) is 5.90. The highest BCUT2D eigenvalue weighted by atomic mass is 16.5. The second-order valence-electron chi connectivity index (χ2n) is 8.50. The molecule has 2 aromatic carbocycles. The van der Waals surface area contributed by atoms with E-state index < -0.39 is 0 Å². The van der Waals surface area contributed by atoms with Crippen molar-refractivity contribution < 1.29 is 14.1 Å². The molecule has 0 spiro atoms. The minimum atomic E-state index is 0.137. The van der Waals surface area contributed by atoms with E-state index in [1.807, 2.05) is 35.2 Å². The molecule has 0 atom stereocenters. The van der Waals surface area contributed by atoms with Crippen molar-refractivity contribution in [3.05, 3.63) is 65.0 Å². The van der Waals surface area contributed by atoms with Gasteiger partial charge in [0.15, 0.2) is 0 Å². The van der Waals surface area contributed by atoms with Gasteiger partial charge in [0.1, 0.15) is 5.75 Å². The lowest BCUT2D eigenvalue weighted by Crippen LogP contribution is -2.48. The standard InChI is InChI=1S/C25H28N4O3/c1-31-22-10-8-19(9-11-22)24-26-23(32-27-24)17-28-12-14-29(15-13-28)25(30)21-7-6-18-4-2-3-5-20(18)16-21/h6-11,16H,2-5,12-15,17H2,1H3. The number of fused-ring (bicyclic) bond motifs is 1. The van der Waals surface area contributed by atoms with Crippen molar-refractivity contribution in [1.29, 1.82) is 0 Å². The highest BCUT2D eigenvalue weighted by molar-refractivity contribution is 5.94. The van der Waals surface area contributed by atoms with E-state index in [9.17, 15) is 4.79 Å². The number of aromatic nitrogens is 2. The zero-order valence-electron chi connectivity index (χ0n) is 18.4. The number of ether oxygens (including phenoxy) is 1. The maximum Gasteiger partial charge on any atom is 0.253 e. The number of piperazine rings is 1. The second-order valence-corrected chi connectivity index (χ2v) is 8.50. The van der Waals surface area contributed by atoms with Crippen molar-refractivity contribution in [1.82, 2.24) is 19.9 Å². The van der Waals surface area contributed by atoms with Crippen LogP contribution >= 0.6 is 0 Å². The fourth-order valence-corrected chi connectivity index (χ4v) is 4.53. The average Bonchev–Trinajstić information content (AvgIpc) is 3.32. The largest absolute Gasteiger partial charge is 0.497 e. The summed E-state index contributed by atoms with van der Waals surface area (Å²) in [7, 11) is 1.64. The number of carbonyl (C=O) groups excluding carboxylic acids is 1. The second kappa shape index (κ2) is 9.12. The molecule has 32 heavy (non-hydrogen) atoms. The highest BCUT2D eigenvalue weighted by Crippen LogP contribution is 2.24. The summed E-state index contributed by atoms with van der Waals surface area (Å²) in [6.45, 7) is 3.57. The first-order valence-corrected chi connectivity index (χ1v) is 11.3. The Morgan fingerprint density at radius 1 is 1.00 bits per heavy atom. The fraction of sp³-hybridized carbons (Fsp3) is 0.400. The third-order valence-electron chi connectivity index (χ3n) is 6.43. The molecular formula is C25H28N4O3. The third kappa shape index (κ3) is 4.39. The molecule has 0 unspecified atom stereocenters. The number of hydrogen-bond acceptors (Lipinski definition) is 6. The number of carbonyl (C=O) groups is 1. The number of nitrogens with zero attached hydrogens (tertiary/aromatic N) is 4. The Hall–Kier alpha value is -3.19. The van der Waals surface area contributed by atoms with Gasteiger partial charge in [-0.05, 0) is 73.2 Å². The van der Waals surface area contributed by atoms with Crippen LogP contribution in [0, 0.1) is 0 Å². The van der Waals surface area contributed by atoms with Crippen molar-refractivity contribution in [2.75, 3.05) is 33.3 Å². The Labute approximate surface area is 188 Å². The first-order valence-electron chi connectivity index (χ1n) is 11.3. The lowest BCUT2D eigenvalue weighted by atomic mass is 9.90. The number of methoxy groups -OCH3 is 1. The van der Waals surface area contributed by atoms with Gasteiger partial charge in [0, 0.05) is 37.3 Å². The fourth-order valence-electron chi connectivity index (χ4n) is 4.53. The summed E-state index contributed by atoms with van der Waals surface area (Å²) in [6, 6.07) is 13.8. The number of benzene rings is 2. The molecule has 1 aliphatic heterocycles. The molecule has 0 bridgehead atoms. The van der Waals surface area contributed by atoms with Crippen LogP contribution in [0.5, 0.6) is 5.75 Å². The zero-order valence-corrected chi connectivity index (χ0v) is 18.4. The molecule has 3 aromatic rings. The molecule has 0 N–H and O–H groups in total. The van der Waals surface area contributed by atoms with E-state index >= 15 is 0 Å². The predicted molar refractivity (Wildman–Crippen MR) is 121 cm³/mol. The van der Waals surface area contributed by atoms with Crippen molar-refractivity contribution in [2.45, 2.75) is 32.2 Å². The molecule has 7 heteroatoms. The molecule has 1 aromatic heterocycles. The molecule has 5 rings (SSSR count). The van der Waals surface area contributed by atoms with Gasteiger partial charge in [0.05, 0.1) is 13.7 Å². The Balaban J connectivity index is 1.16. The van der Waals surface area contributed by atoms with E-state index in [1.165, 1.54) is 24.0 Å². The highest BCUT2D eigenvalue weighted by Gasteiger charge is 2.24. The summed E-state index contributed by atoms with van der Waals surface area (Å²) in [4.78, 5) is 21.8. The first-order chi connectivity index (χ1) is 15.7. The lowest BCUT2D eigenvalue weighted by Gasteiger charge is -2.34. The molecule has 1 amide bonds. The van der Waals surface area contributed by atoms with Crippen molar-refractivity contribution >= 4 is 5.91 Å². The van der Waals surface area contributed by atoms with Crippen LogP contribution in [0.25, 0.3) is 11.4 Å². The van der Waals surface area contributed by atoms with Crippen LogP contribution in [0.1, 0.15) is 40.2 Å². The predicted octanol–water partition coefficient (Wildman–Crippen LogP) is 3.58. The first kappa shape index (κ1) is 20.7. The Morgan fingerprint density at radius 3 is 2.50 bits per heavy atom. The van der Waals surface area contributed by atoms with Gasteiger partial charge in [-0.25, -0.2) is 0 Å². The van der Waals surface area contributed by atoms with Crippen LogP contribution in [-0.4, -0.2) is 59.1 Å². The van der Waals surface area contributed by atoms with E-state index in [2.05, 4.69) is 27.2 Å².